The zero-order valence-electron chi connectivity index (χ0n) is 17.9. The third kappa shape index (κ3) is 5.52. The second-order valence-corrected chi connectivity index (χ2v) is 7.59. The molecule has 0 aromatic heterocycles. The summed E-state index contributed by atoms with van der Waals surface area (Å²) in [5.41, 5.74) is -0.101. The lowest BCUT2D eigenvalue weighted by atomic mass is 9.96. The van der Waals surface area contributed by atoms with Crippen LogP contribution in [-0.2, 0) is 6.18 Å². The Morgan fingerprint density at radius 1 is 0.969 bits per heavy atom. The lowest BCUT2D eigenvalue weighted by molar-refractivity contribution is -0.137. The molecule has 6 nitrogen and oxygen atoms in total. The number of carbonyl (C=O) groups is 2. The number of nitrogens with zero attached hydrogens (tertiary/aromatic N) is 1. The number of halogens is 3. The molecule has 0 spiro atoms. The van der Waals surface area contributed by atoms with E-state index in [0.29, 0.717) is 49.5 Å². The van der Waals surface area contributed by atoms with Crippen molar-refractivity contribution in [1.29, 1.82) is 0 Å². The number of hydrogen-bond donors (Lipinski definition) is 1. The maximum Gasteiger partial charge on any atom is 0.416 e. The Balaban J connectivity index is 1.49. The van der Waals surface area contributed by atoms with E-state index in [4.69, 9.17) is 9.47 Å². The summed E-state index contributed by atoms with van der Waals surface area (Å²) >= 11 is 0. The molecule has 0 saturated carbocycles. The van der Waals surface area contributed by atoms with Gasteiger partial charge in [0.2, 0.25) is 0 Å². The highest BCUT2D eigenvalue weighted by Gasteiger charge is 2.30. The fourth-order valence-electron chi connectivity index (χ4n) is 3.64. The number of carbonyl (C=O) groups excluding carboxylic acids is 2. The van der Waals surface area contributed by atoms with Crippen LogP contribution < -0.4 is 14.8 Å². The molecule has 32 heavy (non-hydrogen) atoms. The quantitative estimate of drug-likeness (QED) is 0.722. The van der Waals surface area contributed by atoms with Crippen molar-refractivity contribution >= 4 is 11.8 Å². The van der Waals surface area contributed by atoms with Crippen LogP contribution in [0.1, 0.15) is 39.1 Å². The van der Waals surface area contributed by atoms with Gasteiger partial charge < -0.3 is 19.7 Å². The molecular weight excluding hydrogens is 425 g/mol. The van der Waals surface area contributed by atoms with E-state index in [2.05, 4.69) is 5.32 Å². The van der Waals surface area contributed by atoms with Crippen molar-refractivity contribution in [3.05, 3.63) is 59.2 Å². The number of amides is 2. The molecule has 0 atom stereocenters. The van der Waals surface area contributed by atoms with Gasteiger partial charge in [0, 0.05) is 30.8 Å². The van der Waals surface area contributed by atoms with Gasteiger partial charge in [-0.2, -0.15) is 13.2 Å². The maximum atomic E-state index is 12.8. The predicted molar refractivity (Wildman–Crippen MR) is 112 cm³/mol. The van der Waals surface area contributed by atoms with Gasteiger partial charge in [0.05, 0.1) is 19.8 Å². The van der Waals surface area contributed by atoms with Crippen LogP contribution >= 0.6 is 0 Å². The highest BCUT2D eigenvalue weighted by Crippen LogP contribution is 2.30. The van der Waals surface area contributed by atoms with E-state index in [0.717, 1.165) is 12.1 Å². The van der Waals surface area contributed by atoms with Crippen molar-refractivity contribution in [2.24, 2.45) is 5.92 Å². The number of nitrogens with one attached hydrogen (secondary N) is 1. The van der Waals surface area contributed by atoms with Crippen LogP contribution in [-0.4, -0.2) is 50.6 Å². The maximum absolute atomic E-state index is 12.8. The molecule has 2 aromatic rings. The molecule has 0 aliphatic carbocycles. The summed E-state index contributed by atoms with van der Waals surface area (Å²) in [4.78, 5) is 26.8. The third-order valence-electron chi connectivity index (χ3n) is 5.56. The first-order valence-electron chi connectivity index (χ1n) is 10.2. The Hall–Kier alpha value is -3.23. The topological polar surface area (TPSA) is 67.9 Å². The fourth-order valence-corrected chi connectivity index (χ4v) is 3.64. The van der Waals surface area contributed by atoms with Gasteiger partial charge in [-0.25, -0.2) is 0 Å². The average molecular weight is 450 g/mol. The highest BCUT2D eigenvalue weighted by molar-refractivity contribution is 5.95. The highest BCUT2D eigenvalue weighted by atomic mass is 19.4. The molecule has 1 N–H and O–H groups in total. The molecule has 0 unspecified atom stereocenters. The van der Waals surface area contributed by atoms with Crippen molar-refractivity contribution in [2.75, 3.05) is 33.9 Å². The number of piperidine rings is 1. The van der Waals surface area contributed by atoms with Gasteiger partial charge in [-0.3, -0.25) is 9.59 Å². The molecule has 1 fully saturated rings. The van der Waals surface area contributed by atoms with Crippen molar-refractivity contribution in [3.8, 4) is 11.5 Å². The van der Waals surface area contributed by atoms with Crippen LogP contribution in [0.4, 0.5) is 13.2 Å². The number of ether oxygens (including phenoxy) is 2. The third-order valence-corrected chi connectivity index (χ3v) is 5.56. The van der Waals surface area contributed by atoms with E-state index >= 15 is 0 Å². The van der Waals surface area contributed by atoms with Crippen LogP contribution in [0.3, 0.4) is 0 Å². The SMILES string of the molecule is COc1ccc(C(=O)N2CCC(CNC(=O)c3ccc(C(F)(F)F)cc3)CC2)cc1OC. The van der Waals surface area contributed by atoms with Gasteiger partial charge in [0.15, 0.2) is 11.5 Å². The number of alkyl halides is 3. The molecule has 172 valence electrons. The molecule has 3 rings (SSSR count). The normalized spacial score (nSPS) is 14.7. The summed E-state index contributed by atoms with van der Waals surface area (Å²) in [6.45, 7) is 1.50. The Bertz CT molecular complexity index is 953. The van der Waals surface area contributed by atoms with Gasteiger partial charge >= 0.3 is 6.18 Å². The molecule has 1 saturated heterocycles. The largest absolute Gasteiger partial charge is 0.493 e. The molecule has 1 aliphatic rings. The zero-order valence-corrected chi connectivity index (χ0v) is 17.9. The van der Waals surface area contributed by atoms with Gasteiger partial charge in [-0.05, 0) is 61.2 Å². The molecule has 0 bridgehead atoms. The monoisotopic (exact) mass is 450 g/mol. The Labute approximate surface area is 184 Å². The van der Waals surface area contributed by atoms with Crippen molar-refractivity contribution in [3.63, 3.8) is 0 Å². The number of benzene rings is 2. The first-order chi connectivity index (χ1) is 15.2. The fraction of sp³-hybridized carbons (Fsp3) is 0.391. The number of rotatable bonds is 6. The molecule has 2 aromatic carbocycles. The van der Waals surface area contributed by atoms with Crippen LogP contribution in [0.5, 0.6) is 11.5 Å². The Morgan fingerprint density at radius 3 is 2.12 bits per heavy atom. The molecule has 0 radical (unpaired) electrons. The number of methoxy groups -OCH3 is 2. The van der Waals surface area contributed by atoms with Gasteiger partial charge in [0.1, 0.15) is 0 Å². The van der Waals surface area contributed by atoms with Crippen molar-refractivity contribution in [1.82, 2.24) is 10.2 Å². The van der Waals surface area contributed by atoms with E-state index < -0.39 is 17.6 Å². The van der Waals surface area contributed by atoms with Gasteiger partial charge in [-0.15, -0.1) is 0 Å². The molecule has 2 amide bonds. The van der Waals surface area contributed by atoms with E-state index in [1.165, 1.54) is 26.4 Å². The summed E-state index contributed by atoms with van der Waals surface area (Å²) in [7, 11) is 3.04. The minimum atomic E-state index is -4.43. The molecule has 1 aliphatic heterocycles. The van der Waals surface area contributed by atoms with Crippen LogP contribution in [0.25, 0.3) is 0 Å². The second kappa shape index (κ2) is 9.93. The van der Waals surface area contributed by atoms with Crippen molar-refractivity contribution < 1.29 is 32.2 Å². The van der Waals surface area contributed by atoms with E-state index in [1.807, 2.05) is 0 Å². The lowest BCUT2D eigenvalue weighted by Gasteiger charge is -2.32. The Morgan fingerprint density at radius 2 is 1.56 bits per heavy atom. The van der Waals surface area contributed by atoms with Gasteiger partial charge in [0.25, 0.3) is 11.8 Å². The standard InChI is InChI=1S/C23H25F3N2O4/c1-31-19-8-5-17(13-20(19)32-2)22(30)28-11-9-15(10-12-28)14-27-21(29)16-3-6-18(7-4-16)23(24,25)26/h3-8,13,15H,9-12,14H2,1-2H3,(H,27,29). The molecule has 9 heteroatoms. The first-order valence-corrected chi connectivity index (χ1v) is 10.2. The summed E-state index contributed by atoms with van der Waals surface area (Å²) in [6.07, 6.45) is -3.00. The minimum Gasteiger partial charge on any atom is -0.493 e. The van der Waals surface area contributed by atoms with Crippen LogP contribution in [0, 0.1) is 5.92 Å². The second-order valence-electron chi connectivity index (χ2n) is 7.59. The average Bonchev–Trinajstić information content (AvgIpc) is 2.81. The zero-order chi connectivity index (χ0) is 23.3. The summed E-state index contributed by atoms with van der Waals surface area (Å²) in [6, 6.07) is 9.17. The summed E-state index contributed by atoms with van der Waals surface area (Å²) < 4.78 is 48.4. The van der Waals surface area contributed by atoms with Gasteiger partial charge in [-0.1, -0.05) is 0 Å². The molecule has 1 heterocycles. The summed E-state index contributed by atoms with van der Waals surface area (Å²) in [5.74, 6) is 0.703. The first kappa shape index (κ1) is 23.4. The lowest BCUT2D eigenvalue weighted by Crippen LogP contribution is -2.41. The van der Waals surface area contributed by atoms with E-state index in [-0.39, 0.29) is 17.4 Å². The number of hydrogen-bond acceptors (Lipinski definition) is 4. The van der Waals surface area contributed by atoms with Crippen molar-refractivity contribution in [2.45, 2.75) is 19.0 Å². The minimum absolute atomic E-state index is 0.0989. The van der Waals surface area contributed by atoms with Crippen LogP contribution in [0.15, 0.2) is 42.5 Å². The van der Waals surface area contributed by atoms with Crippen LogP contribution in [0.2, 0.25) is 0 Å². The van der Waals surface area contributed by atoms with E-state index in [1.54, 1.807) is 23.1 Å². The summed E-state index contributed by atoms with van der Waals surface area (Å²) in [5, 5.41) is 2.78. The van der Waals surface area contributed by atoms with E-state index in [9.17, 15) is 22.8 Å². The predicted octanol–water partition coefficient (Wildman–Crippen LogP) is 4.00. The smallest absolute Gasteiger partial charge is 0.416 e. The number of likely N-dealkylation sites (tertiary alicyclic amines) is 1. The Kier molecular flexibility index (Phi) is 7.27. The molecular formula is C23H25F3N2O4.